The van der Waals surface area contributed by atoms with E-state index < -0.39 is 5.91 Å². The van der Waals surface area contributed by atoms with Gasteiger partial charge in [-0.2, -0.15) is 5.10 Å². The Labute approximate surface area is 132 Å². The predicted octanol–water partition coefficient (Wildman–Crippen LogP) is 2.21. The zero-order valence-electron chi connectivity index (χ0n) is 11.9. The maximum atomic E-state index is 12.3. The summed E-state index contributed by atoms with van der Waals surface area (Å²) in [6, 6.07) is 7.50. The summed E-state index contributed by atoms with van der Waals surface area (Å²) < 4.78 is 0. The minimum Gasteiger partial charge on any atom is -0.364 e. The first-order chi connectivity index (χ1) is 10.5. The Morgan fingerprint density at radius 2 is 2.14 bits per heavy atom. The van der Waals surface area contributed by atoms with Crippen molar-refractivity contribution in [3.05, 3.63) is 46.2 Å². The normalized spacial score (nSPS) is 19.7. The second-order valence-corrected chi connectivity index (χ2v) is 5.80. The zero-order chi connectivity index (χ0) is 15.9. The Hall–Kier alpha value is -2.34. The number of nitrogens with zero attached hydrogens (tertiary/aromatic N) is 1. The first kappa shape index (κ1) is 14.6. The molecule has 1 fully saturated rings. The molecule has 0 bridgehead atoms. The number of aromatic nitrogens is 2. The lowest BCUT2D eigenvalue weighted by molar-refractivity contribution is -0.117. The first-order valence-corrected chi connectivity index (χ1v) is 7.27. The fourth-order valence-electron chi connectivity index (χ4n) is 2.58. The van der Waals surface area contributed by atoms with E-state index in [4.69, 9.17) is 17.3 Å². The van der Waals surface area contributed by atoms with E-state index in [9.17, 15) is 9.59 Å². The molecule has 2 atom stereocenters. The molecule has 1 saturated carbocycles. The number of rotatable bonds is 4. The number of nitrogens with one attached hydrogen (secondary N) is 2. The molecule has 7 heteroatoms. The molecule has 22 heavy (non-hydrogen) atoms. The van der Waals surface area contributed by atoms with Crippen molar-refractivity contribution in [2.45, 2.75) is 19.3 Å². The molecule has 4 N–H and O–H groups in total. The molecule has 1 heterocycles. The molecule has 0 radical (unpaired) electrons. The molecular formula is C15H15ClN4O2. The van der Waals surface area contributed by atoms with E-state index in [1.807, 2.05) is 24.3 Å². The third kappa shape index (κ3) is 2.57. The molecule has 0 unspecified atom stereocenters. The number of amides is 2. The smallest absolute Gasteiger partial charge is 0.271 e. The summed E-state index contributed by atoms with van der Waals surface area (Å²) in [7, 11) is 0. The number of nitrogens with two attached hydrogens (primary N) is 1. The van der Waals surface area contributed by atoms with E-state index in [0.717, 1.165) is 12.0 Å². The van der Waals surface area contributed by atoms with Crippen LogP contribution >= 0.6 is 11.6 Å². The van der Waals surface area contributed by atoms with Crippen LogP contribution in [0.3, 0.4) is 0 Å². The Bertz CT molecular complexity index is 756. The number of benzene rings is 1. The minimum atomic E-state index is -0.682. The lowest BCUT2D eigenvalue weighted by Crippen LogP contribution is -2.19. The molecule has 2 aromatic rings. The van der Waals surface area contributed by atoms with Crippen molar-refractivity contribution in [1.82, 2.24) is 10.2 Å². The highest BCUT2D eigenvalue weighted by molar-refractivity contribution is 6.31. The van der Waals surface area contributed by atoms with Crippen LogP contribution in [0.15, 0.2) is 24.3 Å². The van der Waals surface area contributed by atoms with Crippen LogP contribution in [0.5, 0.6) is 0 Å². The van der Waals surface area contributed by atoms with Crippen molar-refractivity contribution in [2.24, 2.45) is 11.7 Å². The molecule has 0 aliphatic heterocycles. The lowest BCUT2D eigenvalue weighted by atomic mass is 10.1. The Morgan fingerprint density at radius 3 is 2.82 bits per heavy atom. The van der Waals surface area contributed by atoms with Crippen molar-refractivity contribution >= 4 is 29.1 Å². The van der Waals surface area contributed by atoms with E-state index in [1.165, 1.54) is 0 Å². The van der Waals surface area contributed by atoms with Crippen LogP contribution < -0.4 is 11.1 Å². The van der Waals surface area contributed by atoms with Gasteiger partial charge in [0.2, 0.25) is 5.91 Å². The number of carbonyl (C=O) groups excluding carboxylic acids is 2. The van der Waals surface area contributed by atoms with E-state index >= 15 is 0 Å². The molecule has 3 rings (SSSR count). The van der Waals surface area contributed by atoms with E-state index in [-0.39, 0.29) is 23.4 Å². The van der Waals surface area contributed by atoms with Crippen LogP contribution in [0.4, 0.5) is 5.69 Å². The van der Waals surface area contributed by atoms with Crippen LogP contribution in [0, 0.1) is 12.8 Å². The molecule has 6 nitrogen and oxygen atoms in total. The highest BCUT2D eigenvalue weighted by Crippen LogP contribution is 2.50. The highest BCUT2D eigenvalue weighted by atomic mass is 35.5. The molecule has 1 aliphatic carbocycles. The third-order valence-electron chi connectivity index (χ3n) is 3.86. The van der Waals surface area contributed by atoms with E-state index in [2.05, 4.69) is 15.5 Å². The third-order valence-corrected chi connectivity index (χ3v) is 4.20. The number of hydrogen-bond donors (Lipinski definition) is 3. The van der Waals surface area contributed by atoms with Gasteiger partial charge in [0.25, 0.3) is 5.91 Å². The van der Waals surface area contributed by atoms with Gasteiger partial charge in [-0.05, 0) is 30.9 Å². The quantitative estimate of drug-likeness (QED) is 0.805. The van der Waals surface area contributed by atoms with Crippen LogP contribution in [0.2, 0.25) is 5.02 Å². The number of primary amides is 1. The average molecular weight is 319 g/mol. The van der Waals surface area contributed by atoms with Crippen LogP contribution in [-0.4, -0.2) is 22.0 Å². The number of carbonyl (C=O) groups is 2. The van der Waals surface area contributed by atoms with Gasteiger partial charge in [0.1, 0.15) is 0 Å². The second-order valence-electron chi connectivity index (χ2n) is 5.40. The van der Waals surface area contributed by atoms with Gasteiger partial charge in [-0.3, -0.25) is 14.7 Å². The number of hydrogen-bond acceptors (Lipinski definition) is 3. The Balaban J connectivity index is 1.74. The summed E-state index contributed by atoms with van der Waals surface area (Å²) in [6.07, 6.45) is 0.734. The average Bonchev–Trinajstić information content (AvgIpc) is 3.19. The summed E-state index contributed by atoms with van der Waals surface area (Å²) in [6.45, 7) is 1.72. The summed E-state index contributed by atoms with van der Waals surface area (Å²) in [4.78, 5) is 23.7. The van der Waals surface area contributed by atoms with Gasteiger partial charge in [0.05, 0.1) is 11.4 Å². The highest BCUT2D eigenvalue weighted by Gasteiger charge is 2.45. The number of aryl methyl sites for hydroxylation is 1. The summed E-state index contributed by atoms with van der Waals surface area (Å²) >= 11 is 6.16. The number of anilines is 1. The van der Waals surface area contributed by atoms with Crippen molar-refractivity contribution in [3.63, 3.8) is 0 Å². The Kier molecular flexibility index (Phi) is 3.62. The van der Waals surface area contributed by atoms with Gasteiger partial charge >= 0.3 is 0 Å². The first-order valence-electron chi connectivity index (χ1n) is 6.89. The van der Waals surface area contributed by atoms with Gasteiger partial charge in [0, 0.05) is 10.9 Å². The predicted molar refractivity (Wildman–Crippen MR) is 82.8 cm³/mol. The van der Waals surface area contributed by atoms with Crippen molar-refractivity contribution < 1.29 is 9.59 Å². The van der Waals surface area contributed by atoms with Gasteiger partial charge in [-0.15, -0.1) is 0 Å². The molecule has 1 aromatic heterocycles. The molecule has 1 aromatic carbocycles. The fourth-order valence-corrected chi connectivity index (χ4v) is 2.86. The minimum absolute atomic E-state index is 0.0424. The van der Waals surface area contributed by atoms with Crippen LogP contribution in [-0.2, 0) is 4.79 Å². The van der Waals surface area contributed by atoms with Gasteiger partial charge < -0.3 is 11.1 Å². The van der Waals surface area contributed by atoms with E-state index in [1.54, 1.807) is 6.92 Å². The summed E-state index contributed by atoms with van der Waals surface area (Å²) in [5.74, 6) is -0.886. The molecular weight excluding hydrogens is 304 g/mol. The molecule has 114 valence electrons. The SMILES string of the molecule is Cc1[nH]nc(C(N)=O)c1NC(=O)[C@H]1C[C@H]1c1ccccc1Cl. The van der Waals surface area contributed by atoms with Gasteiger partial charge in [-0.1, -0.05) is 29.8 Å². The molecule has 1 aliphatic rings. The number of H-pyrrole nitrogens is 1. The fraction of sp³-hybridized carbons (Fsp3) is 0.267. The Morgan fingerprint density at radius 1 is 1.41 bits per heavy atom. The molecule has 2 amide bonds. The standard InChI is InChI=1S/C15H15ClN4O2/c1-7-12(13(14(17)21)20-19-7)18-15(22)10-6-9(10)8-4-2-3-5-11(8)16/h2-5,9-10H,6H2,1H3,(H2,17,21)(H,18,22)(H,19,20)/t9-,10-/m0/s1. The number of aromatic amines is 1. The monoisotopic (exact) mass is 318 g/mol. The van der Waals surface area contributed by atoms with Crippen LogP contribution in [0.25, 0.3) is 0 Å². The number of halogens is 1. The second kappa shape index (κ2) is 5.46. The van der Waals surface area contributed by atoms with Crippen molar-refractivity contribution in [2.75, 3.05) is 5.32 Å². The summed E-state index contributed by atoms with van der Waals surface area (Å²) in [5.41, 5.74) is 7.21. The zero-order valence-corrected chi connectivity index (χ0v) is 12.6. The lowest BCUT2D eigenvalue weighted by Gasteiger charge is -2.06. The topological polar surface area (TPSA) is 101 Å². The molecule has 0 saturated heterocycles. The van der Waals surface area contributed by atoms with Gasteiger partial charge in [0.15, 0.2) is 5.69 Å². The summed E-state index contributed by atoms with van der Waals surface area (Å²) in [5, 5.41) is 9.86. The van der Waals surface area contributed by atoms with Crippen molar-refractivity contribution in [1.29, 1.82) is 0 Å². The molecule has 0 spiro atoms. The largest absolute Gasteiger partial charge is 0.364 e. The van der Waals surface area contributed by atoms with Crippen molar-refractivity contribution in [3.8, 4) is 0 Å². The maximum Gasteiger partial charge on any atom is 0.271 e. The van der Waals surface area contributed by atoms with Crippen LogP contribution in [0.1, 0.15) is 34.1 Å². The van der Waals surface area contributed by atoms with Gasteiger partial charge in [-0.25, -0.2) is 0 Å². The maximum absolute atomic E-state index is 12.3. The van der Waals surface area contributed by atoms with E-state index in [0.29, 0.717) is 16.4 Å².